The minimum absolute atomic E-state index is 0.215. The van der Waals surface area contributed by atoms with Crippen molar-refractivity contribution < 1.29 is 19.1 Å². The number of carbonyl (C=O) groups is 3. The molecule has 1 heterocycles. The summed E-state index contributed by atoms with van der Waals surface area (Å²) in [7, 11) is 0. The maximum Gasteiger partial charge on any atom is 0.341 e. The molecule has 138 valence electrons. The fourth-order valence-electron chi connectivity index (χ4n) is 2.28. The maximum atomic E-state index is 12.4. The number of aryl methyl sites for hydroxylation is 1. The van der Waals surface area contributed by atoms with Crippen LogP contribution in [0.4, 0.5) is 5.00 Å². The van der Waals surface area contributed by atoms with Crippen molar-refractivity contribution in [2.24, 2.45) is 0 Å². The van der Waals surface area contributed by atoms with Crippen LogP contribution in [0.1, 0.15) is 36.2 Å². The second kappa shape index (κ2) is 9.15. The lowest BCUT2D eigenvalue weighted by Crippen LogP contribution is -2.35. The standard InChI is InChI=1S/C19H22N2O4S/c1-4-10-20-16(22)17(23)21-18-15(19(24)25-5-2)14(11-26-18)13-8-6-12(3)7-9-13/h6-9,11H,4-5,10H2,1-3H3,(H,20,22)(H,21,23). The number of hydrogen-bond donors (Lipinski definition) is 2. The third-order valence-corrected chi connectivity index (χ3v) is 4.50. The molecule has 2 amide bonds. The van der Waals surface area contributed by atoms with Gasteiger partial charge in [-0.15, -0.1) is 11.3 Å². The number of hydrogen-bond acceptors (Lipinski definition) is 5. The molecule has 0 bridgehead atoms. The summed E-state index contributed by atoms with van der Waals surface area (Å²) < 4.78 is 5.14. The highest BCUT2D eigenvalue weighted by Gasteiger charge is 2.24. The van der Waals surface area contributed by atoms with Gasteiger partial charge >= 0.3 is 17.8 Å². The Morgan fingerprint density at radius 1 is 1.08 bits per heavy atom. The van der Waals surface area contributed by atoms with E-state index in [-0.39, 0.29) is 12.2 Å². The second-order valence-corrected chi connectivity index (χ2v) is 6.53. The predicted octanol–water partition coefficient (Wildman–Crippen LogP) is 3.36. The third kappa shape index (κ3) is 4.70. The van der Waals surface area contributed by atoms with E-state index in [4.69, 9.17) is 4.74 Å². The van der Waals surface area contributed by atoms with Crippen LogP contribution in [-0.4, -0.2) is 30.9 Å². The van der Waals surface area contributed by atoms with E-state index >= 15 is 0 Å². The average Bonchev–Trinajstić information content (AvgIpc) is 3.04. The van der Waals surface area contributed by atoms with E-state index in [9.17, 15) is 14.4 Å². The molecule has 1 aromatic heterocycles. The van der Waals surface area contributed by atoms with Crippen molar-refractivity contribution in [2.75, 3.05) is 18.5 Å². The number of amides is 2. The third-order valence-electron chi connectivity index (χ3n) is 3.60. The van der Waals surface area contributed by atoms with E-state index in [0.29, 0.717) is 17.1 Å². The summed E-state index contributed by atoms with van der Waals surface area (Å²) in [6.07, 6.45) is 0.726. The van der Waals surface area contributed by atoms with Gasteiger partial charge in [0.1, 0.15) is 10.6 Å². The Morgan fingerprint density at radius 3 is 2.38 bits per heavy atom. The minimum atomic E-state index is -0.804. The molecule has 6 nitrogen and oxygen atoms in total. The summed E-state index contributed by atoms with van der Waals surface area (Å²) in [5.41, 5.74) is 2.86. The predicted molar refractivity (Wildman–Crippen MR) is 102 cm³/mol. The van der Waals surface area contributed by atoms with E-state index in [1.165, 1.54) is 11.3 Å². The molecule has 0 aliphatic rings. The van der Waals surface area contributed by atoms with E-state index in [1.807, 2.05) is 38.1 Å². The zero-order valence-corrected chi connectivity index (χ0v) is 15.9. The fourth-order valence-corrected chi connectivity index (χ4v) is 3.23. The highest BCUT2D eigenvalue weighted by molar-refractivity contribution is 7.15. The Hall–Kier alpha value is -2.67. The van der Waals surface area contributed by atoms with Gasteiger partial charge in [-0.3, -0.25) is 9.59 Å². The molecule has 0 atom stereocenters. The maximum absolute atomic E-state index is 12.4. The van der Waals surface area contributed by atoms with Gasteiger partial charge in [0.05, 0.1) is 6.61 Å². The van der Waals surface area contributed by atoms with Gasteiger partial charge in [-0.2, -0.15) is 0 Å². The Bertz CT molecular complexity index is 796. The Balaban J connectivity index is 2.34. The Labute approximate surface area is 156 Å². The van der Waals surface area contributed by atoms with Crippen LogP contribution in [0.25, 0.3) is 11.1 Å². The van der Waals surface area contributed by atoms with E-state index in [2.05, 4.69) is 10.6 Å². The van der Waals surface area contributed by atoms with Crippen LogP contribution in [-0.2, 0) is 14.3 Å². The van der Waals surface area contributed by atoms with Gasteiger partial charge in [-0.05, 0) is 25.8 Å². The molecule has 2 aromatic rings. The molecular weight excluding hydrogens is 352 g/mol. The summed E-state index contributed by atoms with van der Waals surface area (Å²) >= 11 is 1.19. The van der Waals surface area contributed by atoms with Gasteiger partial charge < -0.3 is 15.4 Å². The monoisotopic (exact) mass is 374 g/mol. The highest BCUT2D eigenvalue weighted by atomic mass is 32.1. The molecule has 0 radical (unpaired) electrons. The first-order valence-corrected chi connectivity index (χ1v) is 9.30. The van der Waals surface area contributed by atoms with Crippen molar-refractivity contribution in [1.82, 2.24) is 5.32 Å². The molecule has 2 N–H and O–H groups in total. The van der Waals surface area contributed by atoms with E-state index < -0.39 is 17.8 Å². The lowest BCUT2D eigenvalue weighted by molar-refractivity contribution is -0.136. The van der Waals surface area contributed by atoms with Gasteiger partial charge in [0.2, 0.25) is 0 Å². The number of thiophene rings is 1. The quantitative estimate of drug-likeness (QED) is 0.600. The van der Waals surface area contributed by atoms with Gasteiger partial charge in [0.25, 0.3) is 0 Å². The summed E-state index contributed by atoms with van der Waals surface area (Å²) in [6.45, 7) is 6.21. The molecule has 26 heavy (non-hydrogen) atoms. The van der Waals surface area contributed by atoms with Crippen LogP contribution in [0.3, 0.4) is 0 Å². The van der Waals surface area contributed by atoms with Crippen LogP contribution in [0.15, 0.2) is 29.6 Å². The molecular formula is C19H22N2O4S. The molecule has 0 unspecified atom stereocenters. The highest BCUT2D eigenvalue weighted by Crippen LogP contribution is 2.36. The van der Waals surface area contributed by atoms with Crippen molar-refractivity contribution in [2.45, 2.75) is 27.2 Å². The van der Waals surface area contributed by atoms with E-state index in [1.54, 1.807) is 12.3 Å². The van der Waals surface area contributed by atoms with Gasteiger partial charge in [-0.25, -0.2) is 4.79 Å². The molecule has 7 heteroatoms. The first-order valence-electron chi connectivity index (χ1n) is 8.42. The normalized spacial score (nSPS) is 10.3. The number of rotatable bonds is 6. The number of carbonyl (C=O) groups excluding carboxylic acids is 3. The molecule has 0 fully saturated rings. The zero-order chi connectivity index (χ0) is 19.1. The van der Waals surface area contributed by atoms with Crippen molar-refractivity contribution in [3.05, 3.63) is 40.8 Å². The minimum Gasteiger partial charge on any atom is -0.462 e. The summed E-state index contributed by atoms with van der Waals surface area (Å²) in [5, 5.41) is 7.11. The molecule has 0 aliphatic heterocycles. The summed E-state index contributed by atoms with van der Waals surface area (Å²) in [5.74, 6) is -2.07. The molecule has 0 spiro atoms. The fraction of sp³-hybridized carbons (Fsp3) is 0.316. The molecule has 0 aliphatic carbocycles. The topological polar surface area (TPSA) is 84.5 Å². The van der Waals surface area contributed by atoms with Crippen LogP contribution in [0.5, 0.6) is 0 Å². The van der Waals surface area contributed by atoms with Gasteiger partial charge in [-0.1, -0.05) is 36.8 Å². The number of anilines is 1. The SMILES string of the molecule is CCCNC(=O)C(=O)Nc1scc(-c2ccc(C)cc2)c1C(=O)OCC. The molecule has 1 aromatic carbocycles. The van der Waals surface area contributed by atoms with Gasteiger partial charge in [0.15, 0.2) is 0 Å². The lowest BCUT2D eigenvalue weighted by Gasteiger charge is -2.09. The van der Waals surface area contributed by atoms with Crippen molar-refractivity contribution in [1.29, 1.82) is 0 Å². The lowest BCUT2D eigenvalue weighted by atomic mass is 10.0. The van der Waals surface area contributed by atoms with Crippen LogP contribution in [0.2, 0.25) is 0 Å². The summed E-state index contributed by atoms with van der Waals surface area (Å²) in [4.78, 5) is 36.3. The van der Waals surface area contributed by atoms with Gasteiger partial charge in [0, 0.05) is 17.5 Å². The summed E-state index contributed by atoms with van der Waals surface area (Å²) in [6, 6.07) is 7.69. The average molecular weight is 374 g/mol. The zero-order valence-electron chi connectivity index (χ0n) is 15.0. The van der Waals surface area contributed by atoms with Crippen molar-refractivity contribution in [3.63, 3.8) is 0 Å². The van der Waals surface area contributed by atoms with Crippen LogP contribution in [0, 0.1) is 6.92 Å². The number of benzene rings is 1. The molecule has 2 rings (SSSR count). The first-order chi connectivity index (χ1) is 12.5. The Kier molecular flexibility index (Phi) is 6.91. The molecule has 0 saturated heterocycles. The van der Waals surface area contributed by atoms with Crippen LogP contribution < -0.4 is 10.6 Å². The Morgan fingerprint density at radius 2 is 1.77 bits per heavy atom. The van der Waals surface area contributed by atoms with E-state index in [0.717, 1.165) is 17.5 Å². The van der Waals surface area contributed by atoms with Crippen molar-refractivity contribution in [3.8, 4) is 11.1 Å². The first kappa shape index (κ1) is 19.7. The second-order valence-electron chi connectivity index (χ2n) is 5.65. The van der Waals surface area contributed by atoms with Crippen molar-refractivity contribution >= 4 is 34.1 Å². The number of nitrogens with one attached hydrogen (secondary N) is 2. The number of esters is 1. The largest absolute Gasteiger partial charge is 0.462 e. The smallest absolute Gasteiger partial charge is 0.341 e. The number of ether oxygens (including phenoxy) is 1. The van der Waals surface area contributed by atoms with Crippen LogP contribution >= 0.6 is 11.3 Å². The molecule has 0 saturated carbocycles.